The third-order valence-corrected chi connectivity index (χ3v) is 5.55. The maximum absolute atomic E-state index is 12.6. The lowest BCUT2D eigenvalue weighted by atomic mass is 9.93. The van der Waals surface area contributed by atoms with Crippen LogP contribution in [-0.4, -0.2) is 38.9 Å². The highest BCUT2D eigenvalue weighted by atomic mass is 19.4. The Morgan fingerprint density at radius 1 is 0.944 bits per heavy atom. The zero-order valence-corrected chi connectivity index (χ0v) is 19.6. The monoisotopic (exact) mass is 499 g/mol. The molecule has 10 heteroatoms. The van der Waals surface area contributed by atoms with Crippen LogP contribution in [0.4, 0.5) is 29.3 Å². The smallest absolute Gasteiger partial charge is 0.493 e. The molecule has 1 aliphatic heterocycles. The van der Waals surface area contributed by atoms with Gasteiger partial charge in [0.25, 0.3) is 0 Å². The van der Waals surface area contributed by atoms with Crippen molar-refractivity contribution in [1.29, 1.82) is 0 Å². The van der Waals surface area contributed by atoms with E-state index in [9.17, 15) is 18.0 Å². The molecule has 0 saturated carbocycles. The van der Waals surface area contributed by atoms with E-state index in [4.69, 9.17) is 14.5 Å². The lowest BCUT2D eigenvalue weighted by molar-refractivity contribution is -0.274. The quantitative estimate of drug-likeness (QED) is 0.428. The number of urea groups is 1. The molecule has 0 fully saturated rings. The van der Waals surface area contributed by atoms with Gasteiger partial charge >= 0.3 is 12.4 Å². The molecule has 4 rings (SSSR count). The van der Waals surface area contributed by atoms with Gasteiger partial charge in [0.15, 0.2) is 17.2 Å². The van der Waals surface area contributed by atoms with Gasteiger partial charge in [0.2, 0.25) is 0 Å². The normalized spacial score (nSPS) is 12.8. The van der Waals surface area contributed by atoms with E-state index in [0.717, 1.165) is 34.9 Å². The summed E-state index contributed by atoms with van der Waals surface area (Å²) in [4.78, 5) is 17.0. The molecular weight excluding hydrogens is 475 g/mol. The Hall–Kier alpha value is -4.21. The number of carbonyl (C=O) groups is 1. The first-order chi connectivity index (χ1) is 17.3. The van der Waals surface area contributed by atoms with Crippen LogP contribution in [0.1, 0.15) is 16.7 Å². The van der Waals surface area contributed by atoms with E-state index in [-0.39, 0.29) is 5.69 Å². The number of alkyl halides is 3. The summed E-state index contributed by atoms with van der Waals surface area (Å²) in [5, 5.41) is 4.98. The van der Waals surface area contributed by atoms with Crippen LogP contribution >= 0.6 is 0 Å². The Kier molecular flexibility index (Phi) is 7.33. The number of nitrogens with one attached hydrogen (secondary N) is 2. The molecule has 0 aliphatic carbocycles. The van der Waals surface area contributed by atoms with Gasteiger partial charge in [0.05, 0.1) is 19.9 Å². The second-order valence-electron chi connectivity index (χ2n) is 7.94. The maximum Gasteiger partial charge on any atom is 0.573 e. The van der Waals surface area contributed by atoms with Crippen molar-refractivity contribution in [1.82, 2.24) is 0 Å². The second-order valence-corrected chi connectivity index (χ2v) is 7.94. The van der Waals surface area contributed by atoms with Crippen molar-refractivity contribution < 1.29 is 32.2 Å². The number of ether oxygens (including phenoxy) is 3. The van der Waals surface area contributed by atoms with Crippen LogP contribution in [0.3, 0.4) is 0 Å². The molecule has 0 saturated heterocycles. The Bertz CT molecular complexity index is 1270. The molecule has 1 heterocycles. The first-order valence-electron chi connectivity index (χ1n) is 11.1. The largest absolute Gasteiger partial charge is 0.573 e. The van der Waals surface area contributed by atoms with Crippen LogP contribution < -0.4 is 24.8 Å². The Morgan fingerprint density at radius 3 is 2.33 bits per heavy atom. The summed E-state index contributed by atoms with van der Waals surface area (Å²) in [7, 11) is 3.20. The molecule has 2 N–H and O–H groups in total. The molecule has 0 aromatic heterocycles. The third kappa shape index (κ3) is 6.07. The highest BCUT2D eigenvalue weighted by molar-refractivity contribution is 6.04. The van der Waals surface area contributed by atoms with Crippen LogP contribution in [-0.2, 0) is 12.8 Å². The Balaban J connectivity index is 1.42. The molecule has 36 heavy (non-hydrogen) atoms. The molecule has 3 aromatic rings. The topological polar surface area (TPSA) is 81.2 Å². The zero-order valence-electron chi connectivity index (χ0n) is 19.6. The molecule has 3 aromatic carbocycles. The Morgan fingerprint density at radius 2 is 1.64 bits per heavy atom. The summed E-state index contributed by atoms with van der Waals surface area (Å²) < 4.78 is 52.6. The van der Waals surface area contributed by atoms with Crippen molar-refractivity contribution in [3.05, 3.63) is 77.4 Å². The maximum atomic E-state index is 12.6. The summed E-state index contributed by atoms with van der Waals surface area (Å²) in [5.41, 5.74) is 4.43. The molecule has 0 radical (unpaired) electrons. The lowest BCUT2D eigenvalue weighted by Crippen LogP contribution is -2.22. The van der Waals surface area contributed by atoms with E-state index >= 15 is 0 Å². The standard InChI is InChI=1S/C26H24F3N3O4/c1-34-23-14-17-11-12-30-21(19(17)15-24(23)35-2)13-16-7-9-18(10-8-16)31-25(33)32-20-5-3-4-6-22(20)36-26(27,28)29/h3-10,14-15H,11-13H2,1-2H3,(H2,31,32,33). The number of hydrogen-bond donors (Lipinski definition) is 2. The number of hydrogen-bond acceptors (Lipinski definition) is 5. The van der Waals surface area contributed by atoms with Crippen molar-refractivity contribution in [3.63, 3.8) is 0 Å². The molecule has 0 spiro atoms. The summed E-state index contributed by atoms with van der Waals surface area (Å²) in [5.74, 6) is 0.815. The summed E-state index contributed by atoms with van der Waals surface area (Å²) >= 11 is 0. The van der Waals surface area contributed by atoms with Gasteiger partial charge in [0.1, 0.15) is 0 Å². The molecule has 1 aliphatic rings. The van der Waals surface area contributed by atoms with Gasteiger partial charge in [-0.1, -0.05) is 24.3 Å². The van der Waals surface area contributed by atoms with E-state index in [0.29, 0.717) is 30.2 Å². The fourth-order valence-corrected chi connectivity index (χ4v) is 3.91. The predicted octanol–water partition coefficient (Wildman–Crippen LogP) is 5.83. The van der Waals surface area contributed by atoms with Crippen molar-refractivity contribution in [2.24, 2.45) is 4.99 Å². The first kappa shape index (κ1) is 24.9. The number of carbonyl (C=O) groups excluding carboxylic acids is 1. The third-order valence-electron chi connectivity index (χ3n) is 5.55. The summed E-state index contributed by atoms with van der Waals surface area (Å²) in [6, 6.07) is 15.7. The second kappa shape index (κ2) is 10.6. The number of nitrogens with zero attached hydrogens (tertiary/aromatic N) is 1. The molecule has 7 nitrogen and oxygen atoms in total. The fraction of sp³-hybridized carbons (Fsp3) is 0.231. The van der Waals surface area contributed by atoms with Gasteiger partial charge in [0, 0.05) is 29.9 Å². The van der Waals surface area contributed by atoms with E-state index in [1.807, 2.05) is 24.3 Å². The molecular formula is C26H24F3N3O4. The van der Waals surface area contributed by atoms with E-state index in [2.05, 4.69) is 15.4 Å². The van der Waals surface area contributed by atoms with Crippen LogP contribution in [0.2, 0.25) is 0 Å². The minimum atomic E-state index is -4.87. The number of rotatable bonds is 7. The number of halogens is 3. The Labute approximate surface area is 205 Å². The molecule has 2 amide bonds. The fourth-order valence-electron chi connectivity index (χ4n) is 3.91. The SMILES string of the molecule is COc1cc2c(cc1OC)C(Cc1ccc(NC(=O)Nc3ccccc3OC(F)(F)F)cc1)=NCC2. The van der Waals surface area contributed by atoms with Gasteiger partial charge in [-0.25, -0.2) is 4.79 Å². The zero-order chi connectivity index (χ0) is 25.7. The minimum Gasteiger partial charge on any atom is -0.493 e. The number of methoxy groups -OCH3 is 2. The average Bonchev–Trinajstić information content (AvgIpc) is 2.85. The van der Waals surface area contributed by atoms with Gasteiger partial charge in [-0.15, -0.1) is 13.2 Å². The number of aliphatic imine (C=N–C) groups is 1. The summed E-state index contributed by atoms with van der Waals surface area (Å²) in [6.45, 7) is 0.678. The molecule has 0 unspecified atom stereocenters. The minimum absolute atomic E-state index is 0.107. The van der Waals surface area contributed by atoms with Crippen LogP contribution in [0.5, 0.6) is 17.2 Å². The van der Waals surface area contributed by atoms with E-state index in [1.165, 1.54) is 18.2 Å². The number of anilines is 2. The first-order valence-corrected chi connectivity index (χ1v) is 11.1. The van der Waals surface area contributed by atoms with E-state index in [1.54, 1.807) is 26.4 Å². The lowest BCUT2D eigenvalue weighted by Gasteiger charge is -2.20. The van der Waals surface area contributed by atoms with Gasteiger partial charge in [-0.05, 0) is 53.9 Å². The van der Waals surface area contributed by atoms with Crippen molar-refractivity contribution in [2.45, 2.75) is 19.2 Å². The van der Waals surface area contributed by atoms with Crippen molar-refractivity contribution in [3.8, 4) is 17.2 Å². The number of fused-ring (bicyclic) bond motifs is 1. The van der Waals surface area contributed by atoms with E-state index < -0.39 is 18.1 Å². The molecule has 188 valence electrons. The number of amides is 2. The number of para-hydroxylation sites is 2. The molecule has 0 bridgehead atoms. The van der Waals surface area contributed by atoms with Crippen LogP contribution in [0.15, 0.2) is 65.7 Å². The van der Waals surface area contributed by atoms with Crippen LogP contribution in [0.25, 0.3) is 0 Å². The molecule has 0 atom stereocenters. The van der Waals surface area contributed by atoms with Gasteiger partial charge in [-0.2, -0.15) is 0 Å². The number of benzene rings is 3. The van der Waals surface area contributed by atoms with Crippen LogP contribution in [0, 0.1) is 0 Å². The van der Waals surface area contributed by atoms with Crippen molar-refractivity contribution >= 4 is 23.1 Å². The van der Waals surface area contributed by atoms with Gasteiger partial charge < -0.3 is 24.8 Å². The van der Waals surface area contributed by atoms with Crippen molar-refractivity contribution in [2.75, 3.05) is 31.4 Å². The van der Waals surface area contributed by atoms with Gasteiger partial charge in [-0.3, -0.25) is 4.99 Å². The highest BCUT2D eigenvalue weighted by Crippen LogP contribution is 2.33. The summed E-state index contributed by atoms with van der Waals surface area (Å²) in [6.07, 6.45) is -3.48. The highest BCUT2D eigenvalue weighted by Gasteiger charge is 2.32. The average molecular weight is 499 g/mol. The predicted molar refractivity (Wildman–Crippen MR) is 131 cm³/mol.